The molecule has 0 atom stereocenters. The van der Waals surface area contributed by atoms with Crippen LogP contribution in [0.2, 0.25) is 0 Å². The van der Waals surface area contributed by atoms with E-state index in [4.69, 9.17) is 12.2 Å². The Hall–Kier alpha value is -1.98. The number of hydrogen-bond donors (Lipinski definition) is 2. The van der Waals surface area contributed by atoms with E-state index in [9.17, 15) is 4.39 Å². The molecule has 2 aromatic rings. The fourth-order valence-electron chi connectivity index (χ4n) is 2.36. The van der Waals surface area contributed by atoms with E-state index in [-0.39, 0.29) is 5.82 Å². The monoisotopic (exact) mass is 359 g/mol. The summed E-state index contributed by atoms with van der Waals surface area (Å²) < 4.78 is 12.9. The summed E-state index contributed by atoms with van der Waals surface area (Å²) in [5.74, 6) is -0.229. The third-order valence-electron chi connectivity index (χ3n) is 4.23. The number of hydrogen-bond acceptors (Lipinski definition) is 2. The zero-order chi connectivity index (χ0) is 18.2. The maximum atomic E-state index is 12.9. The molecule has 0 aliphatic heterocycles. The molecule has 0 radical (unpaired) electrons. The van der Waals surface area contributed by atoms with Crippen molar-refractivity contribution in [2.45, 2.75) is 39.5 Å². The van der Waals surface area contributed by atoms with Gasteiger partial charge in [0.05, 0.1) is 0 Å². The summed E-state index contributed by atoms with van der Waals surface area (Å²) in [5.41, 5.74) is 3.53. The van der Waals surface area contributed by atoms with Crippen LogP contribution in [-0.2, 0) is 19.6 Å². The van der Waals surface area contributed by atoms with E-state index in [2.05, 4.69) is 54.6 Å². The molecule has 2 N–H and O–H groups in total. The molecule has 0 saturated carbocycles. The fourth-order valence-corrected chi connectivity index (χ4v) is 2.50. The summed E-state index contributed by atoms with van der Waals surface area (Å²) in [5, 5.41) is 7.00. The van der Waals surface area contributed by atoms with E-state index >= 15 is 0 Å². The van der Waals surface area contributed by atoms with Gasteiger partial charge in [0.2, 0.25) is 0 Å². The quantitative estimate of drug-likeness (QED) is 0.735. The van der Waals surface area contributed by atoms with Gasteiger partial charge in [0.15, 0.2) is 5.11 Å². The van der Waals surface area contributed by atoms with Crippen molar-refractivity contribution < 1.29 is 4.39 Å². The standard InChI is InChI=1S/C20H26FN3S/c1-15(2)24(3)14-18-7-5-4-6-17(18)13-23-20(25)22-12-16-8-10-19(21)11-9-16/h4-11,15H,12-14H2,1-3H3,(H2,22,23,25). The molecule has 134 valence electrons. The lowest BCUT2D eigenvalue weighted by Gasteiger charge is -2.22. The van der Waals surface area contributed by atoms with Gasteiger partial charge in [0, 0.05) is 25.7 Å². The first-order valence-corrected chi connectivity index (χ1v) is 8.89. The van der Waals surface area contributed by atoms with Crippen LogP contribution in [0.5, 0.6) is 0 Å². The Balaban J connectivity index is 1.86. The molecule has 0 heterocycles. The van der Waals surface area contributed by atoms with Crippen LogP contribution < -0.4 is 10.6 Å². The van der Waals surface area contributed by atoms with Crippen LogP contribution in [0, 0.1) is 5.82 Å². The summed E-state index contributed by atoms with van der Waals surface area (Å²) in [7, 11) is 2.13. The molecule has 3 nitrogen and oxygen atoms in total. The third kappa shape index (κ3) is 6.44. The molecule has 2 rings (SSSR count). The minimum absolute atomic E-state index is 0.229. The molecule has 0 fully saturated rings. The van der Waals surface area contributed by atoms with Gasteiger partial charge in [-0.3, -0.25) is 4.90 Å². The molecule has 0 bridgehead atoms. The van der Waals surface area contributed by atoms with Crippen molar-refractivity contribution in [3.63, 3.8) is 0 Å². The van der Waals surface area contributed by atoms with Crippen LogP contribution in [0.1, 0.15) is 30.5 Å². The average molecular weight is 360 g/mol. The summed E-state index contributed by atoms with van der Waals surface area (Å²) >= 11 is 5.34. The van der Waals surface area contributed by atoms with E-state index in [0.717, 1.165) is 12.1 Å². The minimum atomic E-state index is -0.229. The number of rotatable bonds is 7. The zero-order valence-corrected chi connectivity index (χ0v) is 15.9. The van der Waals surface area contributed by atoms with E-state index in [1.54, 1.807) is 12.1 Å². The molecule has 0 aliphatic rings. The van der Waals surface area contributed by atoms with E-state index in [1.165, 1.54) is 23.3 Å². The van der Waals surface area contributed by atoms with Gasteiger partial charge in [0.1, 0.15) is 5.82 Å². The Morgan fingerprint density at radius 3 is 2.24 bits per heavy atom. The Bertz CT molecular complexity index is 686. The Labute approximate surface area is 155 Å². The first-order chi connectivity index (χ1) is 12.0. The SMILES string of the molecule is CC(C)N(C)Cc1ccccc1CNC(=S)NCc1ccc(F)cc1. The van der Waals surface area contributed by atoms with E-state index in [1.807, 2.05) is 6.07 Å². The van der Waals surface area contributed by atoms with Crippen LogP contribution in [0.15, 0.2) is 48.5 Å². The molecule has 0 spiro atoms. The van der Waals surface area contributed by atoms with Crippen LogP contribution >= 0.6 is 12.2 Å². The highest BCUT2D eigenvalue weighted by Crippen LogP contribution is 2.12. The Kier molecular flexibility index (Phi) is 7.34. The maximum Gasteiger partial charge on any atom is 0.166 e. The van der Waals surface area contributed by atoms with Crippen LogP contribution in [0.4, 0.5) is 4.39 Å². The van der Waals surface area contributed by atoms with Crippen LogP contribution in [0.25, 0.3) is 0 Å². The highest BCUT2D eigenvalue weighted by molar-refractivity contribution is 7.80. The largest absolute Gasteiger partial charge is 0.359 e. The molecular weight excluding hydrogens is 333 g/mol. The first kappa shape index (κ1) is 19.3. The first-order valence-electron chi connectivity index (χ1n) is 8.49. The predicted molar refractivity (Wildman–Crippen MR) is 106 cm³/mol. The Morgan fingerprint density at radius 2 is 1.60 bits per heavy atom. The average Bonchev–Trinajstić information content (AvgIpc) is 2.60. The summed E-state index contributed by atoms with van der Waals surface area (Å²) in [6.45, 7) is 6.54. The molecule has 0 aromatic heterocycles. The molecular formula is C20H26FN3S. The van der Waals surface area contributed by atoms with Crippen molar-refractivity contribution in [3.8, 4) is 0 Å². The van der Waals surface area contributed by atoms with Crippen LogP contribution in [-0.4, -0.2) is 23.1 Å². The zero-order valence-electron chi connectivity index (χ0n) is 15.1. The van der Waals surface area contributed by atoms with Crippen molar-refractivity contribution in [3.05, 3.63) is 71.0 Å². The molecule has 25 heavy (non-hydrogen) atoms. The van der Waals surface area contributed by atoms with Gasteiger partial charge in [-0.1, -0.05) is 36.4 Å². The van der Waals surface area contributed by atoms with Gasteiger partial charge in [0.25, 0.3) is 0 Å². The van der Waals surface area contributed by atoms with Crippen LogP contribution in [0.3, 0.4) is 0 Å². The normalized spacial score (nSPS) is 11.0. The minimum Gasteiger partial charge on any atom is -0.359 e. The lowest BCUT2D eigenvalue weighted by Crippen LogP contribution is -2.34. The number of nitrogens with one attached hydrogen (secondary N) is 2. The van der Waals surface area contributed by atoms with Gasteiger partial charge >= 0.3 is 0 Å². The second kappa shape index (κ2) is 9.49. The van der Waals surface area contributed by atoms with Crippen molar-refractivity contribution >= 4 is 17.3 Å². The number of benzene rings is 2. The third-order valence-corrected chi connectivity index (χ3v) is 4.51. The van der Waals surface area contributed by atoms with Crippen molar-refractivity contribution in [1.29, 1.82) is 0 Å². The molecule has 0 unspecified atom stereocenters. The molecule has 0 amide bonds. The van der Waals surface area contributed by atoms with E-state index in [0.29, 0.717) is 24.2 Å². The second-order valence-electron chi connectivity index (χ2n) is 6.44. The lowest BCUT2D eigenvalue weighted by atomic mass is 10.1. The highest BCUT2D eigenvalue weighted by Gasteiger charge is 2.08. The topological polar surface area (TPSA) is 27.3 Å². The Morgan fingerprint density at radius 1 is 1.00 bits per heavy atom. The van der Waals surface area contributed by atoms with Gasteiger partial charge in [-0.25, -0.2) is 4.39 Å². The fraction of sp³-hybridized carbons (Fsp3) is 0.350. The second-order valence-corrected chi connectivity index (χ2v) is 6.85. The maximum absolute atomic E-state index is 12.9. The highest BCUT2D eigenvalue weighted by atomic mass is 32.1. The van der Waals surface area contributed by atoms with Gasteiger partial charge in [-0.05, 0) is 61.9 Å². The van der Waals surface area contributed by atoms with Gasteiger partial charge in [-0.2, -0.15) is 0 Å². The van der Waals surface area contributed by atoms with Crippen molar-refractivity contribution in [2.75, 3.05) is 7.05 Å². The van der Waals surface area contributed by atoms with Crippen molar-refractivity contribution in [1.82, 2.24) is 15.5 Å². The number of nitrogens with zero attached hydrogens (tertiary/aromatic N) is 1. The number of thiocarbonyl (C=S) groups is 1. The molecule has 5 heteroatoms. The number of halogens is 1. The summed E-state index contributed by atoms with van der Waals surface area (Å²) in [4.78, 5) is 2.31. The predicted octanol–water partition coefficient (Wildman–Crippen LogP) is 3.83. The molecule has 0 saturated heterocycles. The molecule has 0 aliphatic carbocycles. The van der Waals surface area contributed by atoms with Gasteiger partial charge in [-0.15, -0.1) is 0 Å². The summed E-state index contributed by atoms with van der Waals surface area (Å²) in [6.07, 6.45) is 0. The van der Waals surface area contributed by atoms with E-state index < -0.39 is 0 Å². The lowest BCUT2D eigenvalue weighted by molar-refractivity contribution is 0.265. The van der Waals surface area contributed by atoms with Crippen molar-refractivity contribution in [2.24, 2.45) is 0 Å². The van der Waals surface area contributed by atoms with Gasteiger partial charge < -0.3 is 10.6 Å². The molecule has 2 aromatic carbocycles. The summed E-state index contributed by atoms with van der Waals surface area (Å²) in [6, 6.07) is 15.3. The smallest absolute Gasteiger partial charge is 0.166 e.